The first-order chi connectivity index (χ1) is 15.1. The molecule has 0 atom stereocenters. The van der Waals surface area contributed by atoms with Crippen molar-refractivity contribution in [3.8, 4) is 11.3 Å². The third-order valence-electron chi connectivity index (χ3n) is 4.83. The molecule has 1 aromatic heterocycles. The van der Waals surface area contributed by atoms with E-state index in [0.29, 0.717) is 21.6 Å². The number of anilines is 2. The minimum atomic E-state index is -0.183. The maximum absolute atomic E-state index is 13.3. The minimum Gasteiger partial charge on any atom is -0.457 e. The van der Waals surface area contributed by atoms with E-state index in [1.54, 1.807) is 22.7 Å². The minimum absolute atomic E-state index is 0.183. The summed E-state index contributed by atoms with van der Waals surface area (Å²) in [5.74, 6) is 1.08. The Kier molecular flexibility index (Phi) is 5.36. The van der Waals surface area contributed by atoms with E-state index < -0.39 is 0 Å². The third-order valence-corrected chi connectivity index (χ3v) is 6.43. The smallest absolute Gasteiger partial charge is 0.255 e. The molecule has 1 aliphatic rings. The Hall–Kier alpha value is -2.92. The fourth-order valence-electron chi connectivity index (χ4n) is 3.43. The summed E-state index contributed by atoms with van der Waals surface area (Å²) in [5, 5.41) is 1.22. The molecule has 5 rings (SSSR count). The molecule has 3 nitrogen and oxygen atoms in total. The summed E-state index contributed by atoms with van der Waals surface area (Å²) < 4.78 is 5.88. The lowest BCUT2D eigenvalue weighted by Gasteiger charge is -2.30. The fourth-order valence-corrected chi connectivity index (χ4v) is 4.83. The van der Waals surface area contributed by atoms with E-state index in [4.69, 9.17) is 27.6 Å². The second-order valence-corrected chi connectivity index (χ2v) is 8.86. The Morgan fingerprint density at radius 2 is 1.65 bits per heavy atom. The van der Waals surface area contributed by atoms with Crippen molar-refractivity contribution < 1.29 is 9.21 Å². The molecule has 1 amide bonds. The Bertz CT molecular complexity index is 1330. The lowest BCUT2D eigenvalue weighted by molar-refractivity contribution is -0.113. The van der Waals surface area contributed by atoms with Gasteiger partial charge < -0.3 is 4.42 Å². The monoisotopic (exact) mass is 463 g/mol. The molecular formula is C25H15Cl2NO2S. The predicted molar refractivity (Wildman–Crippen MR) is 127 cm³/mol. The van der Waals surface area contributed by atoms with Crippen molar-refractivity contribution in [3.05, 3.63) is 101 Å². The number of halogens is 2. The molecule has 6 heteroatoms. The first kappa shape index (κ1) is 20.0. The van der Waals surface area contributed by atoms with Crippen LogP contribution in [0.15, 0.2) is 99.1 Å². The molecule has 31 heavy (non-hydrogen) atoms. The molecule has 0 saturated carbocycles. The largest absolute Gasteiger partial charge is 0.457 e. The van der Waals surface area contributed by atoms with Crippen molar-refractivity contribution in [1.29, 1.82) is 0 Å². The SMILES string of the molecule is O=C(/C=C/c1ccc(-c2cccc(Cl)c2)o1)N1c2ccccc2Sc2ccc(Cl)cc21. The van der Waals surface area contributed by atoms with Crippen LogP contribution in [0.5, 0.6) is 0 Å². The van der Waals surface area contributed by atoms with E-state index in [1.807, 2.05) is 78.9 Å². The summed E-state index contributed by atoms with van der Waals surface area (Å²) in [6, 6.07) is 24.5. The number of rotatable bonds is 3. The van der Waals surface area contributed by atoms with Crippen LogP contribution in [-0.2, 0) is 4.79 Å². The molecule has 0 bridgehead atoms. The average Bonchev–Trinajstić information content (AvgIpc) is 3.25. The molecule has 0 radical (unpaired) electrons. The number of fused-ring (bicyclic) bond motifs is 2. The van der Waals surface area contributed by atoms with Crippen molar-refractivity contribution >= 4 is 58.3 Å². The van der Waals surface area contributed by atoms with Gasteiger partial charge in [-0.2, -0.15) is 0 Å². The van der Waals surface area contributed by atoms with Gasteiger partial charge in [0.2, 0.25) is 0 Å². The van der Waals surface area contributed by atoms with Crippen molar-refractivity contribution in [2.24, 2.45) is 0 Å². The summed E-state index contributed by atoms with van der Waals surface area (Å²) in [6.07, 6.45) is 3.18. The van der Waals surface area contributed by atoms with Gasteiger partial charge in [-0.15, -0.1) is 0 Å². The summed E-state index contributed by atoms with van der Waals surface area (Å²) >= 11 is 13.9. The van der Waals surface area contributed by atoms with Gasteiger partial charge in [-0.3, -0.25) is 9.69 Å². The zero-order valence-corrected chi connectivity index (χ0v) is 18.4. The number of hydrogen-bond acceptors (Lipinski definition) is 3. The van der Waals surface area contributed by atoms with E-state index in [-0.39, 0.29) is 5.91 Å². The van der Waals surface area contributed by atoms with Crippen LogP contribution in [0.4, 0.5) is 11.4 Å². The van der Waals surface area contributed by atoms with Crippen LogP contribution in [-0.4, -0.2) is 5.91 Å². The van der Waals surface area contributed by atoms with Gasteiger partial charge in [0.1, 0.15) is 11.5 Å². The number of para-hydroxylation sites is 1. The van der Waals surface area contributed by atoms with Crippen molar-refractivity contribution in [1.82, 2.24) is 0 Å². The summed E-state index contributed by atoms with van der Waals surface area (Å²) in [6.45, 7) is 0. The summed E-state index contributed by atoms with van der Waals surface area (Å²) in [4.78, 5) is 16.9. The lowest BCUT2D eigenvalue weighted by atomic mass is 10.2. The number of carbonyl (C=O) groups is 1. The van der Waals surface area contributed by atoms with Crippen molar-refractivity contribution in [2.75, 3.05) is 4.90 Å². The van der Waals surface area contributed by atoms with Gasteiger partial charge in [0.05, 0.1) is 11.4 Å². The first-order valence-corrected chi connectivity index (χ1v) is 11.1. The molecule has 0 N–H and O–H groups in total. The topological polar surface area (TPSA) is 33.5 Å². The third kappa shape index (κ3) is 4.02. The van der Waals surface area contributed by atoms with Crippen molar-refractivity contribution in [3.63, 3.8) is 0 Å². The highest BCUT2D eigenvalue weighted by Gasteiger charge is 2.27. The Morgan fingerprint density at radius 3 is 2.52 bits per heavy atom. The van der Waals surface area contributed by atoms with Crippen LogP contribution in [0, 0.1) is 0 Å². The Morgan fingerprint density at radius 1 is 0.839 bits per heavy atom. The predicted octanol–water partition coefficient (Wildman–Crippen LogP) is 8.10. The van der Waals surface area contributed by atoms with Gasteiger partial charge in [-0.25, -0.2) is 0 Å². The highest BCUT2D eigenvalue weighted by molar-refractivity contribution is 7.99. The van der Waals surface area contributed by atoms with E-state index in [0.717, 1.165) is 26.7 Å². The van der Waals surface area contributed by atoms with Gasteiger partial charge in [0, 0.05) is 31.5 Å². The van der Waals surface area contributed by atoms with E-state index >= 15 is 0 Å². The number of nitrogens with zero attached hydrogens (tertiary/aromatic N) is 1. The van der Waals surface area contributed by atoms with Crippen LogP contribution >= 0.6 is 35.0 Å². The highest BCUT2D eigenvalue weighted by atomic mass is 35.5. The van der Waals surface area contributed by atoms with Gasteiger partial charge >= 0.3 is 0 Å². The highest BCUT2D eigenvalue weighted by Crippen LogP contribution is 2.48. The van der Waals surface area contributed by atoms with Crippen LogP contribution in [0.1, 0.15) is 5.76 Å². The number of amides is 1. The van der Waals surface area contributed by atoms with Gasteiger partial charge in [0.25, 0.3) is 5.91 Å². The Labute approximate surface area is 193 Å². The molecular weight excluding hydrogens is 449 g/mol. The van der Waals surface area contributed by atoms with Crippen LogP contribution in [0.3, 0.4) is 0 Å². The molecule has 4 aromatic rings. The molecule has 0 unspecified atom stereocenters. The van der Waals surface area contributed by atoms with E-state index in [2.05, 4.69) is 0 Å². The zero-order chi connectivity index (χ0) is 21.4. The molecule has 152 valence electrons. The van der Waals surface area contributed by atoms with E-state index in [1.165, 1.54) is 6.08 Å². The van der Waals surface area contributed by atoms with Crippen molar-refractivity contribution in [2.45, 2.75) is 9.79 Å². The molecule has 1 aliphatic heterocycles. The normalized spacial score (nSPS) is 12.6. The molecule has 3 aromatic carbocycles. The van der Waals surface area contributed by atoms with Gasteiger partial charge in [-0.05, 0) is 60.7 Å². The molecule has 0 saturated heterocycles. The molecule has 0 spiro atoms. The number of carbonyl (C=O) groups excluding carboxylic acids is 1. The number of benzene rings is 3. The summed E-state index contributed by atoms with van der Waals surface area (Å²) in [7, 11) is 0. The quantitative estimate of drug-likeness (QED) is 0.287. The number of furan rings is 1. The molecule has 2 heterocycles. The summed E-state index contributed by atoms with van der Waals surface area (Å²) in [5.41, 5.74) is 2.48. The number of hydrogen-bond donors (Lipinski definition) is 0. The average molecular weight is 464 g/mol. The zero-order valence-electron chi connectivity index (χ0n) is 16.1. The van der Waals surface area contributed by atoms with Crippen LogP contribution in [0.2, 0.25) is 10.0 Å². The second-order valence-electron chi connectivity index (χ2n) is 6.90. The van der Waals surface area contributed by atoms with Crippen LogP contribution in [0.25, 0.3) is 17.4 Å². The second kappa shape index (κ2) is 8.31. The maximum atomic E-state index is 13.3. The van der Waals surface area contributed by atoms with Gasteiger partial charge in [0.15, 0.2) is 0 Å². The standard InChI is InChI=1S/C25H15Cl2NO2S/c26-17-5-3-4-16(14-17)22-11-9-19(30-22)10-13-25(29)28-20-6-1-2-7-23(20)31-24-12-8-18(27)15-21(24)28/h1-15H/b13-10+. The van der Waals surface area contributed by atoms with E-state index in [9.17, 15) is 4.79 Å². The first-order valence-electron chi connectivity index (χ1n) is 9.53. The van der Waals surface area contributed by atoms with Gasteiger partial charge in [-0.1, -0.05) is 59.2 Å². The molecule has 0 fully saturated rings. The Balaban J connectivity index is 1.46. The maximum Gasteiger partial charge on any atom is 0.255 e. The lowest BCUT2D eigenvalue weighted by Crippen LogP contribution is -2.26. The van der Waals surface area contributed by atoms with Crippen LogP contribution < -0.4 is 4.90 Å². The molecule has 0 aliphatic carbocycles. The fraction of sp³-hybridized carbons (Fsp3) is 0.